The fourth-order valence-electron chi connectivity index (χ4n) is 1.54. The molecule has 1 aromatic rings. The summed E-state index contributed by atoms with van der Waals surface area (Å²) < 4.78 is 0. The monoisotopic (exact) mass is 292 g/mol. The summed E-state index contributed by atoms with van der Waals surface area (Å²) in [5.74, 6) is -2.34. The van der Waals surface area contributed by atoms with Crippen LogP contribution in [-0.4, -0.2) is 40.6 Å². The molecule has 0 heterocycles. The van der Waals surface area contributed by atoms with Gasteiger partial charge in [-0.2, -0.15) is 0 Å². The first-order valence-electron chi connectivity index (χ1n) is 6.16. The highest BCUT2D eigenvalue weighted by Gasteiger charge is 2.17. The van der Waals surface area contributed by atoms with E-state index >= 15 is 0 Å². The number of benzene rings is 1. The minimum Gasteiger partial charge on any atom is -0.480 e. The van der Waals surface area contributed by atoms with Crippen LogP contribution in [0.2, 0.25) is 0 Å². The molecule has 0 aromatic heterocycles. The normalized spacial score (nSPS) is 12.0. The van der Waals surface area contributed by atoms with E-state index in [0.717, 1.165) is 0 Å². The van der Waals surface area contributed by atoms with Crippen molar-refractivity contribution in [2.45, 2.75) is 12.5 Å². The van der Waals surface area contributed by atoms with Crippen LogP contribution >= 0.6 is 0 Å². The van der Waals surface area contributed by atoms with E-state index in [1.165, 1.54) is 24.3 Å². The van der Waals surface area contributed by atoms with Gasteiger partial charge >= 0.3 is 5.97 Å². The minimum absolute atomic E-state index is 0.0672. The standard InChI is InChI=1S/C14H16N2O5/c15-13(19)10-4-1-9(2-5-10)3-6-12(18)16-11(7-8-17)14(20)21/h1-6,11,17H,7-8H2,(H2,15,19)(H,16,18)(H,20,21). The van der Waals surface area contributed by atoms with E-state index in [1.54, 1.807) is 12.1 Å². The first-order chi connectivity index (χ1) is 9.93. The Hall–Kier alpha value is -2.67. The van der Waals surface area contributed by atoms with Gasteiger partial charge in [0.25, 0.3) is 0 Å². The van der Waals surface area contributed by atoms with E-state index in [4.69, 9.17) is 15.9 Å². The van der Waals surface area contributed by atoms with Gasteiger partial charge in [-0.1, -0.05) is 12.1 Å². The zero-order valence-electron chi connectivity index (χ0n) is 11.2. The van der Waals surface area contributed by atoms with Crippen molar-refractivity contribution in [2.24, 2.45) is 5.73 Å². The maximum Gasteiger partial charge on any atom is 0.326 e. The first-order valence-corrected chi connectivity index (χ1v) is 6.16. The van der Waals surface area contributed by atoms with Gasteiger partial charge in [0, 0.05) is 24.7 Å². The second-order valence-corrected chi connectivity index (χ2v) is 4.23. The van der Waals surface area contributed by atoms with Crippen molar-refractivity contribution in [1.29, 1.82) is 0 Å². The molecule has 1 unspecified atom stereocenters. The molecule has 2 amide bonds. The van der Waals surface area contributed by atoms with Gasteiger partial charge in [0.15, 0.2) is 0 Å². The number of nitrogens with two attached hydrogens (primary N) is 1. The Labute approximate surface area is 121 Å². The summed E-state index contributed by atoms with van der Waals surface area (Å²) in [5, 5.41) is 19.8. The van der Waals surface area contributed by atoms with E-state index in [9.17, 15) is 14.4 Å². The molecule has 0 fully saturated rings. The molecule has 1 rings (SSSR count). The third-order valence-corrected chi connectivity index (χ3v) is 2.65. The Morgan fingerprint density at radius 2 is 1.86 bits per heavy atom. The van der Waals surface area contributed by atoms with Crippen LogP contribution in [0.1, 0.15) is 22.3 Å². The van der Waals surface area contributed by atoms with Gasteiger partial charge in [-0.3, -0.25) is 9.59 Å². The van der Waals surface area contributed by atoms with Crippen LogP contribution < -0.4 is 11.1 Å². The van der Waals surface area contributed by atoms with Crippen LogP contribution in [0.25, 0.3) is 6.08 Å². The number of rotatable bonds is 7. The van der Waals surface area contributed by atoms with Gasteiger partial charge in [-0.25, -0.2) is 4.79 Å². The van der Waals surface area contributed by atoms with Gasteiger partial charge in [0.05, 0.1) is 0 Å². The van der Waals surface area contributed by atoms with E-state index in [-0.39, 0.29) is 13.0 Å². The van der Waals surface area contributed by atoms with Crippen molar-refractivity contribution in [3.8, 4) is 0 Å². The number of hydrogen-bond donors (Lipinski definition) is 4. The highest BCUT2D eigenvalue weighted by atomic mass is 16.4. The molecule has 0 aliphatic heterocycles. The quantitative estimate of drug-likeness (QED) is 0.515. The van der Waals surface area contributed by atoms with Gasteiger partial charge in [0.2, 0.25) is 11.8 Å². The van der Waals surface area contributed by atoms with E-state index in [2.05, 4.69) is 5.32 Å². The third kappa shape index (κ3) is 5.45. The number of primary amides is 1. The number of aliphatic hydroxyl groups excluding tert-OH is 1. The Morgan fingerprint density at radius 1 is 1.24 bits per heavy atom. The Balaban J connectivity index is 2.64. The number of hydrogen-bond acceptors (Lipinski definition) is 4. The van der Waals surface area contributed by atoms with Crippen LogP contribution in [0.3, 0.4) is 0 Å². The van der Waals surface area contributed by atoms with Crippen molar-refractivity contribution >= 4 is 23.9 Å². The Bertz CT molecular complexity index is 551. The van der Waals surface area contributed by atoms with Crippen molar-refractivity contribution in [3.05, 3.63) is 41.5 Å². The Kier molecular flexibility index (Phi) is 6.09. The fraction of sp³-hybridized carbons (Fsp3) is 0.214. The summed E-state index contributed by atoms with van der Waals surface area (Å²) in [7, 11) is 0. The number of carboxylic acids is 1. The van der Waals surface area contributed by atoms with E-state index < -0.39 is 23.8 Å². The van der Waals surface area contributed by atoms with Gasteiger partial charge in [-0.05, 0) is 23.8 Å². The molecule has 1 atom stereocenters. The number of amides is 2. The van der Waals surface area contributed by atoms with Crippen molar-refractivity contribution < 1.29 is 24.6 Å². The highest BCUT2D eigenvalue weighted by molar-refractivity contribution is 5.95. The molecule has 7 nitrogen and oxygen atoms in total. The van der Waals surface area contributed by atoms with Crippen LogP contribution in [0, 0.1) is 0 Å². The van der Waals surface area contributed by atoms with E-state index in [1.807, 2.05) is 0 Å². The SMILES string of the molecule is NC(=O)c1ccc(C=CC(=O)NC(CCO)C(=O)O)cc1. The minimum atomic E-state index is -1.21. The summed E-state index contributed by atoms with van der Waals surface area (Å²) in [6.07, 6.45) is 2.58. The van der Waals surface area contributed by atoms with Crippen LogP contribution in [0.5, 0.6) is 0 Å². The number of aliphatic carboxylic acids is 1. The van der Waals surface area contributed by atoms with Crippen molar-refractivity contribution in [2.75, 3.05) is 6.61 Å². The summed E-state index contributed by atoms with van der Waals surface area (Å²) in [6, 6.07) is 5.11. The summed E-state index contributed by atoms with van der Waals surface area (Å²) in [4.78, 5) is 33.3. The van der Waals surface area contributed by atoms with Crippen LogP contribution in [0.4, 0.5) is 0 Å². The number of carboxylic acid groups (broad SMARTS) is 1. The maximum absolute atomic E-state index is 11.6. The molecular weight excluding hydrogens is 276 g/mol. The zero-order chi connectivity index (χ0) is 15.8. The van der Waals surface area contributed by atoms with Crippen LogP contribution in [-0.2, 0) is 9.59 Å². The molecule has 0 aliphatic rings. The Morgan fingerprint density at radius 3 is 2.33 bits per heavy atom. The molecule has 0 saturated heterocycles. The van der Waals surface area contributed by atoms with Crippen LogP contribution in [0.15, 0.2) is 30.3 Å². The molecule has 7 heteroatoms. The number of carbonyl (C=O) groups excluding carboxylic acids is 2. The zero-order valence-corrected chi connectivity index (χ0v) is 11.2. The van der Waals surface area contributed by atoms with Gasteiger partial charge in [-0.15, -0.1) is 0 Å². The van der Waals surface area contributed by atoms with Gasteiger partial charge in [0.1, 0.15) is 6.04 Å². The highest BCUT2D eigenvalue weighted by Crippen LogP contribution is 2.05. The van der Waals surface area contributed by atoms with E-state index in [0.29, 0.717) is 11.1 Å². The number of carbonyl (C=O) groups is 3. The third-order valence-electron chi connectivity index (χ3n) is 2.65. The molecule has 112 valence electrons. The summed E-state index contributed by atoms with van der Waals surface area (Å²) >= 11 is 0. The lowest BCUT2D eigenvalue weighted by Crippen LogP contribution is -2.40. The van der Waals surface area contributed by atoms with Crippen molar-refractivity contribution in [1.82, 2.24) is 5.32 Å². The lowest BCUT2D eigenvalue weighted by molar-refractivity contribution is -0.141. The predicted octanol–water partition coefficient (Wildman–Crippen LogP) is -0.250. The molecule has 0 aliphatic carbocycles. The molecule has 0 bridgehead atoms. The molecule has 0 spiro atoms. The van der Waals surface area contributed by atoms with Crippen molar-refractivity contribution in [3.63, 3.8) is 0 Å². The molecule has 21 heavy (non-hydrogen) atoms. The largest absolute Gasteiger partial charge is 0.480 e. The lowest BCUT2D eigenvalue weighted by Gasteiger charge is -2.11. The fourth-order valence-corrected chi connectivity index (χ4v) is 1.54. The maximum atomic E-state index is 11.6. The van der Waals surface area contributed by atoms with Gasteiger partial charge < -0.3 is 21.3 Å². The molecule has 5 N–H and O–H groups in total. The molecule has 1 aromatic carbocycles. The number of aliphatic hydroxyl groups is 1. The average molecular weight is 292 g/mol. The molecule has 0 radical (unpaired) electrons. The lowest BCUT2D eigenvalue weighted by atomic mass is 10.1. The second kappa shape index (κ2) is 7.81. The summed E-state index contributed by atoms with van der Waals surface area (Å²) in [6.45, 7) is -0.338. The average Bonchev–Trinajstić information content (AvgIpc) is 2.45. The summed E-state index contributed by atoms with van der Waals surface area (Å²) in [5.41, 5.74) is 6.11. The topological polar surface area (TPSA) is 130 Å². The molecule has 0 saturated carbocycles. The smallest absolute Gasteiger partial charge is 0.326 e. The predicted molar refractivity (Wildman–Crippen MR) is 75.3 cm³/mol. The second-order valence-electron chi connectivity index (χ2n) is 4.23. The number of nitrogens with one attached hydrogen (secondary N) is 1. The first kappa shape index (κ1) is 16.4. The molecular formula is C14H16N2O5.